The predicted octanol–water partition coefficient (Wildman–Crippen LogP) is -3.26. The van der Waals surface area contributed by atoms with Crippen LogP contribution in [0, 0.1) is 0 Å². The van der Waals surface area contributed by atoms with Gasteiger partial charge in [0.15, 0.2) is 6.67 Å². The minimum Gasteiger partial charge on any atom is -1.00 e. The number of halogens is 1. The second-order valence-electron chi connectivity index (χ2n) is 5.25. The summed E-state index contributed by atoms with van der Waals surface area (Å²) >= 11 is 0. The van der Waals surface area contributed by atoms with Crippen molar-refractivity contribution in [1.29, 1.82) is 0 Å². The van der Waals surface area contributed by atoms with E-state index in [9.17, 15) is 13.5 Å². The second kappa shape index (κ2) is 7.82. The third kappa shape index (κ3) is 5.49. The van der Waals surface area contributed by atoms with Crippen molar-refractivity contribution < 1.29 is 30.8 Å². The number of rotatable bonds is 6. The zero-order chi connectivity index (χ0) is 15.5. The maximum absolute atomic E-state index is 11.1. The third-order valence-corrected chi connectivity index (χ3v) is 3.99. The number of benzene rings is 1. The van der Waals surface area contributed by atoms with Gasteiger partial charge in [0.1, 0.15) is 18.8 Å². The van der Waals surface area contributed by atoms with Crippen LogP contribution in [0.25, 0.3) is 0 Å². The highest BCUT2D eigenvalue weighted by Crippen LogP contribution is 2.16. The number of nitrogens with zero attached hydrogens (tertiary/aromatic N) is 1. The van der Waals surface area contributed by atoms with Crippen molar-refractivity contribution in [2.24, 2.45) is 0 Å². The van der Waals surface area contributed by atoms with Gasteiger partial charge >= 0.3 is 0 Å². The Morgan fingerprint density at radius 3 is 2.50 bits per heavy atom. The number of nitrogens with one attached hydrogen (secondary N) is 2. The molecule has 0 saturated carbocycles. The number of quaternary nitrogens is 1. The van der Waals surface area contributed by atoms with E-state index in [1.165, 1.54) is 4.90 Å². The molecule has 0 radical (unpaired) electrons. The topological polar surface area (TPSA) is 74.1 Å². The maximum atomic E-state index is 11.1. The average molecular weight is 348 g/mol. The molecule has 0 aliphatic carbocycles. The Bertz CT molecular complexity index is 604. The van der Waals surface area contributed by atoms with Crippen LogP contribution in [-0.4, -0.2) is 44.4 Å². The van der Waals surface area contributed by atoms with Crippen molar-refractivity contribution >= 4 is 15.7 Å². The van der Waals surface area contributed by atoms with E-state index in [0.29, 0.717) is 12.2 Å². The van der Waals surface area contributed by atoms with Gasteiger partial charge in [0, 0.05) is 12.2 Å². The minimum absolute atomic E-state index is 0. The summed E-state index contributed by atoms with van der Waals surface area (Å²) in [4.78, 5) is 3.38. The molecule has 8 heteroatoms. The van der Waals surface area contributed by atoms with Gasteiger partial charge in [0.05, 0.1) is 12.5 Å². The molecule has 1 aromatic rings. The van der Waals surface area contributed by atoms with E-state index in [-0.39, 0.29) is 12.4 Å². The summed E-state index contributed by atoms with van der Waals surface area (Å²) in [6.45, 7) is 4.51. The van der Waals surface area contributed by atoms with E-state index in [1.807, 2.05) is 12.4 Å². The Morgan fingerprint density at radius 1 is 1.36 bits per heavy atom. The first-order chi connectivity index (χ1) is 9.87. The first-order valence-electron chi connectivity index (χ1n) is 6.90. The molecule has 0 amide bonds. The van der Waals surface area contributed by atoms with Crippen molar-refractivity contribution in [2.75, 3.05) is 30.7 Å². The summed E-state index contributed by atoms with van der Waals surface area (Å²) in [5.74, 6) is 0. The molecule has 1 aliphatic rings. The van der Waals surface area contributed by atoms with Crippen molar-refractivity contribution in [3.63, 3.8) is 0 Å². The van der Waals surface area contributed by atoms with Gasteiger partial charge in [-0.15, -0.1) is 0 Å². The Hall–Kier alpha value is -1.28. The predicted molar refractivity (Wildman–Crippen MR) is 82.1 cm³/mol. The molecule has 0 aromatic heterocycles. The first kappa shape index (κ1) is 18.8. The molecule has 0 bridgehead atoms. The molecule has 3 N–H and O–H groups in total. The molecule has 0 spiro atoms. The fraction of sp³-hybridized carbons (Fsp3) is 0.429. The van der Waals surface area contributed by atoms with E-state index in [2.05, 4.69) is 16.5 Å². The Labute approximate surface area is 137 Å². The fourth-order valence-electron chi connectivity index (χ4n) is 2.28. The lowest BCUT2D eigenvalue weighted by molar-refractivity contribution is -0.853. The smallest absolute Gasteiger partial charge is 0.229 e. The molecule has 2 unspecified atom stereocenters. The van der Waals surface area contributed by atoms with Crippen molar-refractivity contribution in [3.05, 3.63) is 42.2 Å². The molecule has 1 aromatic carbocycles. The summed E-state index contributed by atoms with van der Waals surface area (Å²) in [7, 11) is -3.27. The van der Waals surface area contributed by atoms with E-state index >= 15 is 0 Å². The summed E-state index contributed by atoms with van der Waals surface area (Å²) in [6, 6.07) is 6.81. The van der Waals surface area contributed by atoms with Gasteiger partial charge in [0.2, 0.25) is 10.0 Å². The zero-order valence-electron chi connectivity index (χ0n) is 12.7. The molecule has 124 valence electrons. The van der Waals surface area contributed by atoms with Gasteiger partial charge in [-0.2, -0.15) is 0 Å². The number of aliphatic hydroxyl groups excluding tert-OH is 1. The second-order valence-corrected chi connectivity index (χ2v) is 7.00. The molecule has 2 rings (SSSR count). The van der Waals surface area contributed by atoms with Crippen LogP contribution in [0.2, 0.25) is 0 Å². The summed E-state index contributed by atoms with van der Waals surface area (Å²) < 4.78 is 24.7. The quantitative estimate of drug-likeness (QED) is 0.505. The van der Waals surface area contributed by atoms with Gasteiger partial charge in [-0.25, -0.2) is 8.42 Å². The lowest BCUT2D eigenvalue weighted by atomic mass is 10.1. The van der Waals surface area contributed by atoms with Crippen LogP contribution in [0.3, 0.4) is 0 Å². The minimum atomic E-state index is -3.27. The summed E-state index contributed by atoms with van der Waals surface area (Å²) in [6.07, 6.45) is 4.62. The van der Waals surface area contributed by atoms with E-state index < -0.39 is 16.1 Å². The fourth-order valence-corrected chi connectivity index (χ4v) is 2.84. The molecular formula is C14H22ClN3O3S. The number of aliphatic hydroxyl groups is 1. The number of hydrogen-bond acceptors (Lipinski definition) is 4. The first-order valence-corrected chi connectivity index (χ1v) is 8.79. The normalized spacial score (nSPS) is 18.9. The van der Waals surface area contributed by atoms with Gasteiger partial charge in [0.25, 0.3) is 0 Å². The van der Waals surface area contributed by atoms with Crippen LogP contribution in [0.1, 0.15) is 18.6 Å². The molecule has 22 heavy (non-hydrogen) atoms. The lowest BCUT2D eigenvalue weighted by Gasteiger charge is -2.18. The molecule has 2 atom stereocenters. The Kier molecular flexibility index (Phi) is 6.67. The summed E-state index contributed by atoms with van der Waals surface area (Å²) in [5, 5.41) is 10.3. The highest BCUT2D eigenvalue weighted by molar-refractivity contribution is 7.92. The molecule has 1 aliphatic heterocycles. The number of hydrogen-bond donors (Lipinski definition) is 3. The summed E-state index contributed by atoms with van der Waals surface area (Å²) in [5.41, 5.74) is 1.28. The highest BCUT2D eigenvalue weighted by atomic mass is 35.5. The average Bonchev–Trinajstić information content (AvgIpc) is 2.85. The number of sulfonamides is 1. The van der Waals surface area contributed by atoms with Crippen LogP contribution in [0.15, 0.2) is 36.7 Å². The molecule has 1 heterocycles. The van der Waals surface area contributed by atoms with E-state index in [1.54, 1.807) is 24.3 Å². The van der Waals surface area contributed by atoms with Crippen molar-refractivity contribution in [2.45, 2.75) is 13.0 Å². The largest absolute Gasteiger partial charge is 1.00 e. The highest BCUT2D eigenvalue weighted by Gasteiger charge is 2.20. The maximum Gasteiger partial charge on any atom is 0.229 e. The van der Waals surface area contributed by atoms with E-state index in [4.69, 9.17) is 0 Å². The SMILES string of the molecule is CCN1C=C[NH+](CC(O)c2ccc(NS(C)(=O)=O)cc2)C1.[Cl-]. The van der Waals surface area contributed by atoms with Gasteiger partial charge < -0.3 is 22.4 Å². The Morgan fingerprint density at radius 2 is 2.00 bits per heavy atom. The monoisotopic (exact) mass is 347 g/mol. The van der Waals surface area contributed by atoms with E-state index in [0.717, 1.165) is 25.0 Å². The molecule has 0 saturated heterocycles. The van der Waals surface area contributed by atoms with Crippen molar-refractivity contribution in [1.82, 2.24) is 4.90 Å². The van der Waals surface area contributed by atoms with Crippen LogP contribution < -0.4 is 22.0 Å². The van der Waals surface area contributed by atoms with Crippen LogP contribution in [0.4, 0.5) is 5.69 Å². The van der Waals surface area contributed by atoms with Crippen LogP contribution in [-0.2, 0) is 10.0 Å². The number of anilines is 1. The van der Waals surface area contributed by atoms with Gasteiger partial charge in [-0.05, 0) is 24.6 Å². The zero-order valence-corrected chi connectivity index (χ0v) is 14.2. The third-order valence-electron chi connectivity index (χ3n) is 3.39. The van der Waals surface area contributed by atoms with Crippen LogP contribution in [0.5, 0.6) is 0 Å². The molecule has 0 fully saturated rings. The van der Waals surface area contributed by atoms with Crippen LogP contribution >= 0.6 is 0 Å². The standard InChI is InChI=1S/C14H21N3O3S.ClH/c1-3-16-8-9-17(11-16)10-14(18)12-4-6-13(7-5-12)15-21(2,19)20;/h4-9,14-15,18H,3,10-11H2,1-2H3;1H. The van der Waals surface area contributed by atoms with Gasteiger partial charge in [-0.3, -0.25) is 9.62 Å². The molecule has 6 nitrogen and oxygen atoms in total. The molecular weight excluding hydrogens is 326 g/mol. The van der Waals surface area contributed by atoms with Gasteiger partial charge in [-0.1, -0.05) is 12.1 Å². The Balaban J connectivity index is 0.00000242. The lowest BCUT2D eigenvalue weighted by Crippen LogP contribution is -3.07. The van der Waals surface area contributed by atoms with Crippen molar-refractivity contribution in [3.8, 4) is 0 Å².